The molecular weight excluding hydrogens is 633 g/mol. The molecule has 0 atom stereocenters. The van der Waals surface area contributed by atoms with Crippen LogP contribution in [-0.2, 0) is 6.42 Å². The molecule has 0 saturated carbocycles. The fourth-order valence-corrected chi connectivity index (χ4v) is 9.39. The molecule has 2 aromatic heterocycles. The lowest BCUT2D eigenvalue weighted by Gasteiger charge is -2.19. The van der Waals surface area contributed by atoms with Crippen LogP contribution in [0, 0.1) is 0 Å². The maximum absolute atomic E-state index is 5.38. The van der Waals surface area contributed by atoms with E-state index in [9.17, 15) is 0 Å². The zero-order chi connectivity index (χ0) is 32.3. The van der Waals surface area contributed by atoms with E-state index < -0.39 is 0 Å². The summed E-state index contributed by atoms with van der Waals surface area (Å²) in [4.78, 5) is 13.3. The van der Waals surface area contributed by atoms with Crippen LogP contribution in [0.3, 0.4) is 0 Å². The highest BCUT2D eigenvalue weighted by molar-refractivity contribution is 8.08. The minimum absolute atomic E-state index is 0.741. The topological polar surface area (TPSA) is 25.8 Å². The zero-order valence-corrected chi connectivity index (χ0v) is 28.1. The van der Waals surface area contributed by atoms with Crippen LogP contribution in [0.2, 0.25) is 0 Å². The van der Waals surface area contributed by atoms with Gasteiger partial charge in [-0.05, 0) is 86.6 Å². The molecule has 10 rings (SSSR count). The van der Waals surface area contributed by atoms with Crippen molar-refractivity contribution in [2.75, 3.05) is 0 Å². The van der Waals surface area contributed by atoms with Gasteiger partial charge in [-0.3, -0.25) is 0 Å². The van der Waals surface area contributed by atoms with Crippen LogP contribution >= 0.6 is 23.1 Å². The predicted octanol–water partition coefficient (Wildman–Crippen LogP) is 12.8. The highest BCUT2D eigenvalue weighted by Gasteiger charge is 2.20. The number of allylic oxidation sites excluding steroid dienone is 1. The highest BCUT2D eigenvalue weighted by Crippen LogP contribution is 2.45. The molecule has 0 bridgehead atoms. The summed E-state index contributed by atoms with van der Waals surface area (Å²) in [6, 6.07) is 54.6. The Bertz CT molecular complexity index is 2780. The molecule has 0 unspecified atom stereocenters. The Morgan fingerprint density at radius 3 is 2.10 bits per heavy atom. The lowest BCUT2D eigenvalue weighted by atomic mass is 9.91. The summed E-state index contributed by atoms with van der Waals surface area (Å²) >= 11 is 3.62. The average molecular weight is 661 g/mol. The second-order valence-electron chi connectivity index (χ2n) is 12.5. The standard InChI is InChI=1S/C45H28N2S2/c1-2-13-29(14-3-1)42-44-43(37-19-9-11-21-41(37)49-44)47-45(46-42)33-25-31(24-32(26-33)40-23-22-28-12-5-10-20-39(28)48-40)38-27-30-15-4-6-16-34(30)35-17-7-8-18-36(35)38/h1-21,23-27H,22H2. The number of thiophene rings is 1. The zero-order valence-electron chi connectivity index (χ0n) is 26.4. The quantitative estimate of drug-likeness (QED) is 0.176. The molecule has 0 aliphatic carbocycles. The van der Waals surface area contributed by atoms with Crippen LogP contribution in [0.5, 0.6) is 0 Å². The molecule has 0 radical (unpaired) electrons. The molecule has 0 spiro atoms. The summed E-state index contributed by atoms with van der Waals surface area (Å²) in [5.41, 5.74) is 9.03. The monoisotopic (exact) mass is 660 g/mol. The van der Waals surface area contributed by atoms with Crippen LogP contribution in [0.15, 0.2) is 163 Å². The predicted molar refractivity (Wildman–Crippen MR) is 210 cm³/mol. The molecule has 49 heavy (non-hydrogen) atoms. The van der Waals surface area contributed by atoms with Crippen molar-refractivity contribution in [2.45, 2.75) is 11.3 Å². The normalized spacial score (nSPS) is 12.9. The van der Waals surface area contributed by atoms with Crippen molar-refractivity contribution in [2.24, 2.45) is 0 Å². The lowest BCUT2D eigenvalue weighted by Crippen LogP contribution is -1.97. The summed E-state index contributed by atoms with van der Waals surface area (Å²) in [7, 11) is 0. The first-order chi connectivity index (χ1) is 24.3. The summed E-state index contributed by atoms with van der Waals surface area (Å²) in [5.74, 6) is 0.741. The van der Waals surface area contributed by atoms with Crippen molar-refractivity contribution in [1.29, 1.82) is 0 Å². The molecule has 1 aliphatic heterocycles. The Kier molecular flexibility index (Phi) is 6.71. The Hall–Kier alpha value is -5.55. The van der Waals surface area contributed by atoms with Crippen molar-refractivity contribution in [1.82, 2.24) is 9.97 Å². The van der Waals surface area contributed by atoms with E-state index in [-0.39, 0.29) is 0 Å². The van der Waals surface area contributed by atoms with E-state index in [4.69, 9.17) is 9.97 Å². The van der Waals surface area contributed by atoms with Gasteiger partial charge < -0.3 is 0 Å². The Labute approximate surface area is 292 Å². The Morgan fingerprint density at radius 2 is 1.20 bits per heavy atom. The molecular formula is C45H28N2S2. The van der Waals surface area contributed by atoms with Gasteiger partial charge in [0.2, 0.25) is 0 Å². The lowest BCUT2D eigenvalue weighted by molar-refractivity contribution is 1.17. The molecule has 9 aromatic rings. The number of hydrogen-bond acceptors (Lipinski definition) is 4. The summed E-state index contributed by atoms with van der Waals surface area (Å²) in [5, 5.41) is 6.17. The molecule has 7 aromatic carbocycles. The number of hydrogen-bond donors (Lipinski definition) is 0. The average Bonchev–Trinajstić information content (AvgIpc) is 3.56. The van der Waals surface area contributed by atoms with E-state index >= 15 is 0 Å². The van der Waals surface area contributed by atoms with Crippen molar-refractivity contribution < 1.29 is 0 Å². The fraction of sp³-hybridized carbons (Fsp3) is 0.0222. The fourth-order valence-electron chi connectivity index (χ4n) is 7.17. The maximum atomic E-state index is 5.38. The number of rotatable bonds is 4. The second kappa shape index (κ2) is 11.6. The molecule has 2 nitrogen and oxygen atoms in total. The van der Waals surface area contributed by atoms with Gasteiger partial charge in [-0.25, -0.2) is 9.97 Å². The minimum atomic E-state index is 0.741. The van der Waals surface area contributed by atoms with Gasteiger partial charge in [-0.2, -0.15) is 0 Å². The van der Waals surface area contributed by atoms with E-state index in [0.29, 0.717) is 0 Å². The van der Waals surface area contributed by atoms with Gasteiger partial charge in [0.05, 0.1) is 15.9 Å². The first kappa shape index (κ1) is 28.5. The third kappa shape index (κ3) is 4.87. The largest absolute Gasteiger partial charge is 0.226 e. The van der Waals surface area contributed by atoms with E-state index in [2.05, 4.69) is 158 Å². The molecule has 4 heteroatoms. The third-order valence-corrected chi connectivity index (χ3v) is 11.9. The summed E-state index contributed by atoms with van der Waals surface area (Å²) in [6.45, 7) is 0. The first-order valence-electron chi connectivity index (χ1n) is 16.5. The molecule has 230 valence electrons. The molecule has 1 aliphatic rings. The van der Waals surface area contributed by atoms with Crippen LogP contribution in [0.1, 0.15) is 11.1 Å². The van der Waals surface area contributed by atoms with Gasteiger partial charge in [0, 0.05) is 31.0 Å². The smallest absolute Gasteiger partial charge is 0.160 e. The number of thioether (sulfide) groups is 1. The Morgan fingerprint density at radius 1 is 0.510 bits per heavy atom. The van der Waals surface area contributed by atoms with Crippen LogP contribution in [0.4, 0.5) is 0 Å². The van der Waals surface area contributed by atoms with E-state index in [1.165, 1.54) is 58.1 Å². The van der Waals surface area contributed by atoms with Gasteiger partial charge in [0.25, 0.3) is 0 Å². The summed E-state index contributed by atoms with van der Waals surface area (Å²) < 4.78 is 2.34. The van der Waals surface area contributed by atoms with E-state index in [1.807, 2.05) is 11.8 Å². The van der Waals surface area contributed by atoms with Crippen molar-refractivity contribution in [3.8, 4) is 33.8 Å². The van der Waals surface area contributed by atoms with Crippen molar-refractivity contribution in [3.63, 3.8) is 0 Å². The molecule has 0 fully saturated rings. The van der Waals surface area contributed by atoms with E-state index in [0.717, 1.165) is 44.8 Å². The first-order valence-corrected chi connectivity index (χ1v) is 18.2. The number of nitrogens with zero attached hydrogens (tertiary/aromatic N) is 2. The van der Waals surface area contributed by atoms with E-state index in [1.54, 1.807) is 11.3 Å². The molecule has 0 N–H and O–H groups in total. The number of aromatic nitrogens is 2. The summed E-state index contributed by atoms with van der Waals surface area (Å²) in [6.07, 6.45) is 3.29. The van der Waals surface area contributed by atoms with Gasteiger partial charge >= 0.3 is 0 Å². The second-order valence-corrected chi connectivity index (χ2v) is 14.6. The van der Waals surface area contributed by atoms with Gasteiger partial charge in [0.1, 0.15) is 0 Å². The SMILES string of the molecule is C1=C(c2cc(-c3nc(-c4ccccc4)c4sc5ccccc5c4n3)cc(-c3cc4ccccc4c4ccccc34)c2)Sc2ccccc2C1. The van der Waals surface area contributed by atoms with Gasteiger partial charge in [-0.1, -0.05) is 133 Å². The van der Waals surface area contributed by atoms with Crippen LogP contribution < -0.4 is 0 Å². The van der Waals surface area contributed by atoms with Crippen molar-refractivity contribution in [3.05, 3.63) is 169 Å². The third-order valence-electron chi connectivity index (χ3n) is 9.52. The maximum Gasteiger partial charge on any atom is 0.160 e. The highest BCUT2D eigenvalue weighted by atomic mass is 32.2. The van der Waals surface area contributed by atoms with Crippen molar-refractivity contribution >= 4 is 69.9 Å². The van der Waals surface area contributed by atoms with Crippen LogP contribution in [-0.4, -0.2) is 9.97 Å². The molecule has 0 amide bonds. The van der Waals surface area contributed by atoms with Crippen LogP contribution in [0.25, 0.3) is 80.5 Å². The van der Waals surface area contributed by atoms with Gasteiger partial charge in [-0.15, -0.1) is 11.3 Å². The number of benzene rings is 7. The molecule has 0 saturated heterocycles. The number of fused-ring (bicyclic) bond motifs is 7. The van der Waals surface area contributed by atoms with Gasteiger partial charge in [0.15, 0.2) is 5.82 Å². The minimum Gasteiger partial charge on any atom is -0.226 e. The molecule has 3 heterocycles. The Balaban J connectivity index is 1.25.